The largest absolute Gasteiger partial charge is 0.237 e. The minimum absolute atomic E-state index is 0.824. The molecule has 0 radical (unpaired) electrons. The van der Waals surface area contributed by atoms with Gasteiger partial charge in [-0.3, -0.25) is 0 Å². The molecule has 0 aliphatic rings. The number of hydrogen-bond donors (Lipinski definition) is 0. The lowest BCUT2D eigenvalue weighted by molar-refractivity contribution is 1.14. The van der Waals surface area contributed by atoms with E-state index in [0.717, 1.165) is 11.4 Å². The van der Waals surface area contributed by atoms with Crippen molar-refractivity contribution >= 4 is 12.2 Å². The van der Waals surface area contributed by atoms with Crippen LogP contribution in [0.4, 0.5) is 0 Å². The molecule has 50 valence electrons. The third kappa shape index (κ3) is 1.29. The summed E-state index contributed by atoms with van der Waals surface area (Å²) in [5.74, 6) is 0. The molecule has 0 saturated carbocycles. The van der Waals surface area contributed by atoms with Crippen molar-refractivity contribution in [1.29, 1.82) is 0 Å². The zero-order chi connectivity index (χ0) is 7.40. The summed E-state index contributed by atoms with van der Waals surface area (Å²) in [6, 6.07) is 1.82. The Labute approximate surface area is 60.0 Å². The van der Waals surface area contributed by atoms with Crippen LogP contribution in [0.1, 0.15) is 11.4 Å². The number of nitrogens with zero attached hydrogens (tertiary/aromatic N) is 2. The highest BCUT2D eigenvalue weighted by Crippen LogP contribution is 1.99. The highest BCUT2D eigenvalue weighted by atomic mass is 14.8. The fraction of sp³-hybridized carbons (Fsp3) is 0. The third-order valence-corrected chi connectivity index (χ3v) is 1.13. The average molecular weight is 132 g/mol. The molecule has 0 saturated heterocycles. The maximum atomic E-state index is 3.93. The molecule has 0 aliphatic carbocycles. The van der Waals surface area contributed by atoms with E-state index in [1.54, 1.807) is 12.2 Å². The van der Waals surface area contributed by atoms with Gasteiger partial charge in [-0.05, 0) is 18.2 Å². The molecular formula is C8H8N2. The van der Waals surface area contributed by atoms with Gasteiger partial charge >= 0.3 is 0 Å². The van der Waals surface area contributed by atoms with Crippen LogP contribution < -0.4 is 0 Å². The molecule has 0 aliphatic heterocycles. The van der Waals surface area contributed by atoms with Crippen molar-refractivity contribution in [3.8, 4) is 0 Å². The molecule has 0 amide bonds. The Balaban J connectivity index is 3.09. The second kappa shape index (κ2) is 2.92. The molecule has 10 heavy (non-hydrogen) atoms. The Morgan fingerprint density at radius 1 is 1.10 bits per heavy atom. The van der Waals surface area contributed by atoms with Crippen molar-refractivity contribution < 1.29 is 0 Å². The SMILES string of the molecule is C=Cc1cc(C=C)ncn1. The van der Waals surface area contributed by atoms with Crippen molar-refractivity contribution in [1.82, 2.24) is 9.97 Å². The van der Waals surface area contributed by atoms with Crippen molar-refractivity contribution in [3.05, 3.63) is 36.9 Å². The quantitative estimate of drug-likeness (QED) is 0.612. The standard InChI is InChI=1S/C8H8N2/c1-3-7-5-8(4-2)10-6-9-7/h3-6H,1-2H2. The summed E-state index contributed by atoms with van der Waals surface area (Å²) in [7, 11) is 0. The van der Waals surface area contributed by atoms with Gasteiger partial charge in [-0.2, -0.15) is 0 Å². The Hall–Kier alpha value is -1.44. The van der Waals surface area contributed by atoms with E-state index in [9.17, 15) is 0 Å². The summed E-state index contributed by atoms with van der Waals surface area (Å²) in [5, 5.41) is 0. The van der Waals surface area contributed by atoms with Crippen LogP contribution in [-0.2, 0) is 0 Å². The van der Waals surface area contributed by atoms with E-state index in [1.165, 1.54) is 6.33 Å². The Kier molecular flexibility index (Phi) is 1.95. The molecule has 1 rings (SSSR count). The van der Waals surface area contributed by atoms with E-state index in [-0.39, 0.29) is 0 Å². The van der Waals surface area contributed by atoms with Crippen molar-refractivity contribution in [2.45, 2.75) is 0 Å². The van der Waals surface area contributed by atoms with Gasteiger partial charge in [-0.15, -0.1) is 0 Å². The van der Waals surface area contributed by atoms with Gasteiger partial charge in [0.05, 0.1) is 11.4 Å². The first-order chi connectivity index (χ1) is 4.86. The van der Waals surface area contributed by atoms with Crippen LogP contribution in [0, 0.1) is 0 Å². The zero-order valence-electron chi connectivity index (χ0n) is 5.62. The second-order valence-corrected chi connectivity index (χ2v) is 1.78. The lowest BCUT2D eigenvalue weighted by Crippen LogP contribution is -1.84. The van der Waals surface area contributed by atoms with Crippen molar-refractivity contribution in [2.75, 3.05) is 0 Å². The Bertz CT molecular complexity index is 230. The van der Waals surface area contributed by atoms with E-state index in [2.05, 4.69) is 23.1 Å². The van der Waals surface area contributed by atoms with Gasteiger partial charge in [0.2, 0.25) is 0 Å². The molecule has 0 unspecified atom stereocenters. The molecule has 0 fully saturated rings. The van der Waals surface area contributed by atoms with Crippen LogP contribution in [0.15, 0.2) is 25.6 Å². The molecular weight excluding hydrogens is 124 g/mol. The summed E-state index contributed by atoms with van der Waals surface area (Å²) >= 11 is 0. The fourth-order valence-corrected chi connectivity index (χ4v) is 0.612. The van der Waals surface area contributed by atoms with Crippen LogP contribution in [0.3, 0.4) is 0 Å². The van der Waals surface area contributed by atoms with E-state index < -0.39 is 0 Å². The molecule has 2 heteroatoms. The molecule has 1 aromatic heterocycles. The fourth-order valence-electron chi connectivity index (χ4n) is 0.612. The maximum Gasteiger partial charge on any atom is 0.116 e. The van der Waals surface area contributed by atoms with Gasteiger partial charge in [0.15, 0.2) is 0 Å². The minimum atomic E-state index is 0.824. The van der Waals surface area contributed by atoms with Crippen molar-refractivity contribution in [2.24, 2.45) is 0 Å². The summed E-state index contributed by atoms with van der Waals surface area (Å²) in [6.07, 6.45) is 4.84. The second-order valence-electron chi connectivity index (χ2n) is 1.78. The van der Waals surface area contributed by atoms with E-state index >= 15 is 0 Å². The van der Waals surface area contributed by atoms with Crippen LogP contribution in [0.25, 0.3) is 12.2 Å². The topological polar surface area (TPSA) is 25.8 Å². The molecule has 0 bridgehead atoms. The molecule has 0 aromatic carbocycles. The van der Waals surface area contributed by atoms with Crippen LogP contribution in [-0.4, -0.2) is 9.97 Å². The molecule has 2 nitrogen and oxygen atoms in total. The van der Waals surface area contributed by atoms with Crippen LogP contribution in [0.5, 0.6) is 0 Å². The number of aromatic nitrogens is 2. The highest BCUT2D eigenvalue weighted by Gasteiger charge is 1.88. The molecule has 0 spiro atoms. The predicted octanol–water partition coefficient (Wildman–Crippen LogP) is 1.76. The van der Waals surface area contributed by atoms with E-state index in [0.29, 0.717) is 0 Å². The van der Waals surface area contributed by atoms with Gasteiger partial charge in [-0.25, -0.2) is 9.97 Å². The average Bonchev–Trinajstić information content (AvgIpc) is 2.05. The van der Waals surface area contributed by atoms with E-state index in [4.69, 9.17) is 0 Å². The summed E-state index contributed by atoms with van der Waals surface area (Å²) in [4.78, 5) is 7.86. The van der Waals surface area contributed by atoms with Crippen molar-refractivity contribution in [3.63, 3.8) is 0 Å². The smallest absolute Gasteiger partial charge is 0.116 e. The van der Waals surface area contributed by atoms with Gasteiger partial charge in [0.1, 0.15) is 6.33 Å². The zero-order valence-corrected chi connectivity index (χ0v) is 5.62. The summed E-state index contributed by atoms with van der Waals surface area (Å²) in [5.41, 5.74) is 1.65. The monoisotopic (exact) mass is 132 g/mol. The molecule has 0 atom stereocenters. The van der Waals surface area contributed by atoms with Crippen LogP contribution >= 0.6 is 0 Å². The Morgan fingerprint density at radius 2 is 1.60 bits per heavy atom. The van der Waals surface area contributed by atoms with Gasteiger partial charge < -0.3 is 0 Å². The number of rotatable bonds is 2. The Morgan fingerprint density at radius 3 is 2.00 bits per heavy atom. The van der Waals surface area contributed by atoms with Gasteiger partial charge in [0, 0.05) is 0 Å². The minimum Gasteiger partial charge on any atom is -0.237 e. The first-order valence-corrected chi connectivity index (χ1v) is 2.93. The predicted molar refractivity (Wildman–Crippen MR) is 42.2 cm³/mol. The van der Waals surface area contributed by atoms with Crippen LogP contribution in [0.2, 0.25) is 0 Å². The highest BCUT2D eigenvalue weighted by molar-refractivity contribution is 5.48. The molecule has 1 aromatic rings. The summed E-state index contributed by atoms with van der Waals surface area (Å²) < 4.78 is 0. The molecule has 0 N–H and O–H groups in total. The lowest BCUT2D eigenvalue weighted by Gasteiger charge is -1.91. The normalized spacial score (nSPS) is 8.80. The lowest BCUT2D eigenvalue weighted by atomic mass is 10.3. The molecule has 1 heterocycles. The first-order valence-electron chi connectivity index (χ1n) is 2.93. The summed E-state index contributed by atoms with van der Waals surface area (Å²) in [6.45, 7) is 7.16. The van der Waals surface area contributed by atoms with E-state index in [1.807, 2.05) is 6.07 Å². The van der Waals surface area contributed by atoms with Gasteiger partial charge in [0.25, 0.3) is 0 Å². The maximum absolute atomic E-state index is 3.93. The first kappa shape index (κ1) is 6.68. The number of hydrogen-bond acceptors (Lipinski definition) is 2. The van der Waals surface area contributed by atoms with Gasteiger partial charge in [-0.1, -0.05) is 13.2 Å². The third-order valence-electron chi connectivity index (χ3n) is 1.13.